The van der Waals surface area contributed by atoms with Crippen LogP contribution in [0.15, 0.2) is 77.9 Å². The van der Waals surface area contributed by atoms with Gasteiger partial charge in [-0.3, -0.25) is 9.79 Å². The molecular formula is C45H47N5O4. The Morgan fingerprint density at radius 2 is 1.65 bits per heavy atom. The number of aliphatic imine (C=N–C) groups is 1. The van der Waals surface area contributed by atoms with Gasteiger partial charge < -0.3 is 24.7 Å². The van der Waals surface area contributed by atoms with Crippen LogP contribution in [0.3, 0.4) is 0 Å². The normalized spacial score (nSPS) is 24.2. The second kappa shape index (κ2) is 13.7. The largest absolute Gasteiger partial charge is 0.453 e. The van der Waals surface area contributed by atoms with Crippen molar-refractivity contribution in [2.45, 2.75) is 75.8 Å². The van der Waals surface area contributed by atoms with Gasteiger partial charge in [-0.2, -0.15) is 0 Å². The first-order valence-corrected chi connectivity index (χ1v) is 19.9. The third kappa shape index (κ3) is 5.97. The quantitative estimate of drug-likeness (QED) is 0.175. The lowest BCUT2D eigenvalue weighted by Gasteiger charge is -2.34. The number of carbonyl (C=O) groups is 2. The van der Waals surface area contributed by atoms with Crippen LogP contribution in [0.4, 0.5) is 10.5 Å². The first kappa shape index (κ1) is 33.5. The lowest BCUT2D eigenvalue weighted by Crippen LogP contribution is -2.55. The number of methoxy groups -OCH3 is 1. The van der Waals surface area contributed by atoms with Crippen LogP contribution >= 0.6 is 0 Å². The molecule has 276 valence electrons. The van der Waals surface area contributed by atoms with Crippen LogP contribution in [-0.2, 0) is 20.7 Å². The summed E-state index contributed by atoms with van der Waals surface area (Å²) in [5.74, 6) is 3.46. The van der Waals surface area contributed by atoms with Crippen LogP contribution in [0.1, 0.15) is 68.7 Å². The minimum Gasteiger partial charge on any atom is -0.453 e. The second-order valence-corrected chi connectivity index (χ2v) is 16.3. The number of hydrogen-bond donors (Lipinski definition) is 2. The fraction of sp³-hybridized carbons (Fsp3) is 0.422. The summed E-state index contributed by atoms with van der Waals surface area (Å²) in [6, 6.07) is 23.8. The number of ether oxygens (including phenoxy) is 2. The third-order valence-electron chi connectivity index (χ3n) is 13.3. The smallest absolute Gasteiger partial charge is 0.407 e. The maximum absolute atomic E-state index is 14.1. The van der Waals surface area contributed by atoms with Gasteiger partial charge in [0.15, 0.2) is 0 Å². The van der Waals surface area contributed by atoms with Crippen molar-refractivity contribution in [1.82, 2.24) is 20.2 Å². The summed E-state index contributed by atoms with van der Waals surface area (Å²) >= 11 is 0. The Bertz CT molecular complexity index is 2310. The van der Waals surface area contributed by atoms with Crippen LogP contribution in [0.25, 0.3) is 43.9 Å². The van der Waals surface area contributed by atoms with Crippen LogP contribution < -0.4 is 5.32 Å². The number of H-pyrrole nitrogens is 1. The van der Waals surface area contributed by atoms with Gasteiger partial charge in [-0.05, 0) is 125 Å². The molecule has 2 saturated heterocycles. The standard InChI is InChI=1S/C45H47N5O4/c1-53-45(52)49-42(27-14-17-54-18-15-27)44(51)50-16-2-3-41(50)39-24-37-35-12-10-31(22-33(35)11-13-38(37)47-39)28-6-7-30-23-34(9-8-29(30)21-28)40-25-46-43(48-40)36-20-26-4-5-32(36)19-26/h6-13,21-23,25-27,32,36,41-42H,2-5,14-20,24H2,1H3,(H,46,48)(H,49,52)/t26-,32+,36+,41+,42+/m1/s1. The number of fused-ring (bicyclic) bond motifs is 6. The molecule has 4 aromatic carbocycles. The fourth-order valence-electron chi connectivity index (χ4n) is 10.4. The van der Waals surface area contributed by atoms with E-state index in [1.807, 2.05) is 11.1 Å². The van der Waals surface area contributed by atoms with Crippen molar-refractivity contribution in [3.63, 3.8) is 0 Å². The highest BCUT2D eigenvalue weighted by Gasteiger charge is 2.42. The number of hydrogen-bond acceptors (Lipinski definition) is 6. The Morgan fingerprint density at radius 1 is 0.889 bits per heavy atom. The third-order valence-corrected chi connectivity index (χ3v) is 13.3. The van der Waals surface area contributed by atoms with E-state index in [1.165, 1.54) is 82.4 Å². The van der Waals surface area contributed by atoms with Gasteiger partial charge in [0.2, 0.25) is 5.91 Å². The SMILES string of the molecule is COC(=O)N[C@H](C(=O)N1CCC[C@H]1C1=Nc2ccc3cc(-c4ccc5cc(-c6cnc([C@H]7C[C@@H]8CC[C@H]7C8)[nH]6)ccc5c4)ccc3c2C1)C1CCOCC1. The Hall–Kier alpha value is -5.02. The van der Waals surface area contributed by atoms with Gasteiger partial charge in [0, 0.05) is 43.4 Å². The van der Waals surface area contributed by atoms with E-state index in [4.69, 9.17) is 19.5 Å². The first-order chi connectivity index (χ1) is 26.5. The molecule has 2 aliphatic carbocycles. The molecule has 2 N–H and O–H groups in total. The molecule has 2 bridgehead atoms. The molecule has 10 rings (SSSR count). The molecule has 9 heteroatoms. The summed E-state index contributed by atoms with van der Waals surface area (Å²) in [7, 11) is 1.34. The highest BCUT2D eigenvalue weighted by atomic mass is 16.5. The summed E-state index contributed by atoms with van der Waals surface area (Å²) in [6.07, 6.45) is 10.8. The van der Waals surface area contributed by atoms with Gasteiger partial charge in [-0.25, -0.2) is 9.78 Å². The topological polar surface area (TPSA) is 109 Å². The number of benzene rings is 4. The first-order valence-electron chi connectivity index (χ1n) is 19.9. The number of aromatic nitrogens is 2. The van der Waals surface area contributed by atoms with Crippen molar-refractivity contribution in [2.75, 3.05) is 26.9 Å². The minimum absolute atomic E-state index is 0.0130. The van der Waals surface area contributed by atoms with Gasteiger partial charge in [-0.1, -0.05) is 48.9 Å². The number of amides is 2. The van der Waals surface area contributed by atoms with Gasteiger partial charge >= 0.3 is 6.09 Å². The summed E-state index contributed by atoms with van der Waals surface area (Å²) < 4.78 is 10.5. The van der Waals surface area contributed by atoms with E-state index in [-0.39, 0.29) is 17.9 Å². The Labute approximate surface area is 315 Å². The van der Waals surface area contributed by atoms with Crippen LogP contribution in [0.2, 0.25) is 0 Å². The molecule has 9 nitrogen and oxygen atoms in total. The number of alkyl carbamates (subject to hydrolysis) is 1. The highest BCUT2D eigenvalue weighted by molar-refractivity contribution is 6.06. The second-order valence-electron chi connectivity index (χ2n) is 16.3. The Morgan fingerprint density at radius 3 is 2.43 bits per heavy atom. The summed E-state index contributed by atoms with van der Waals surface area (Å²) in [5, 5.41) is 7.69. The predicted molar refractivity (Wildman–Crippen MR) is 211 cm³/mol. The number of rotatable bonds is 7. The van der Waals surface area contributed by atoms with Gasteiger partial charge in [0.05, 0.1) is 30.7 Å². The zero-order valence-electron chi connectivity index (χ0n) is 30.9. The molecule has 0 unspecified atom stereocenters. The van der Waals surface area contributed by atoms with E-state index < -0.39 is 12.1 Å². The number of aromatic amines is 1. The summed E-state index contributed by atoms with van der Waals surface area (Å²) in [4.78, 5) is 42.0. The zero-order valence-corrected chi connectivity index (χ0v) is 30.9. The highest BCUT2D eigenvalue weighted by Crippen LogP contribution is 2.52. The number of nitrogens with zero attached hydrogens (tertiary/aromatic N) is 3. The molecule has 0 spiro atoms. The van der Waals surface area contributed by atoms with E-state index in [0.29, 0.717) is 32.1 Å². The number of imidazole rings is 1. The van der Waals surface area contributed by atoms with E-state index in [2.05, 4.69) is 77.0 Å². The number of likely N-dealkylation sites (tertiary alicyclic amines) is 1. The van der Waals surface area contributed by atoms with Crippen molar-refractivity contribution < 1.29 is 19.1 Å². The summed E-state index contributed by atoms with van der Waals surface area (Å²) in [5.41, 5.74) is 7.89. The molecule has 5 atom stereocenters. The Balaban J connectivity index is 0.861. The molecule has 1 aromatic heterocycles. The van der Waals surface area contributed by atoms with Crippen molar-refractivity contribution in [1.29, 1.82) is 0 Å². The predicted octanol–water partition coefficient (Wildman–Crippen LogP) is 8.72. The average Bonchev–Trinajstić information content (AvgIpc) is 4.07. The maximum Gasteiger partial charge on any atom is 0.407 e. The molecule has 5 aromatic rings. The average molecular weight is 722 g/mol. The fourth-order valence-corrected chi connectivity index (χ4v) is 10.4. The van der Waals surface area contributed by atoms with Crippen molar-refractivity contribution in [2.24, 2.45) is 22.7 Å². The molecule has 2 amide bonds. The van der Waals surface area contributed by atoms with Gasteiger partial charge in [0.25, 0.3) is 0 Å². The molecule has 4 fully saturated rings. The van der Waals surface area contributed by atoms with E-state index >= 15 is 0 Å². The van der Waals surface area contributed by atoms with E-state index in [1.54, 1.807) is 0 Å². The van der Waals surface area contributed by atoms with Gasteiger partial charge in [-0.15, -0.1) is 0 Å². The van der Waals surface area contributed by atoms with E-state index in [0.717, 1.165) is 54.6 Å². The minimum atomic E-state index is -0.636. The van der Waals surface area contributed by atoms with Crippen molar-refractivity contribution in [3.05, 3.63) is 84.3 Å². The molecule has 3 aliphatic heterocycles. The lowest BCUT2D eigenvalue weighted by atomic mass is 9.88. The van der Waals surface area contributed by atoms with Crippen molar-refractivity contribution >= 4 is 44.9 Å². The van der Waals surface area contributed by atoms with Crippen LogP contribution in [0.5, 0.6) is 0 Å². The zero-order chi connectivity index (χ0) is 36.3. The molecule has 2 saturated carbocycles. The Kier molecular flexibility index (Phi) is 8.50. The van der Waals surface area contributed by atoms with Gasteiger partial charge in [0.1, 0.15) is 11.9 Å². The monoisotopic (exact) mass is 721 g/mol. The molecule has 54 heavy (non-hydrogen) atoms. The molecule has 5 aliphatic rings. The van der Waals surface area contributed by atoms with Crippen LogP contribution in [-0.4, -0.2) is 71.5 Å². The lowest BCUT2D eigenvalue weighted by molar-refractivity contribution is -0.135. The van der Waals surface area contributed by atoms with Crippen LogP contribution in [0, 0.1) is 17.8 Å². The molecule has 0 radical (unpaired) electrons. The number of nitrogens with one attached hydrogen (secondary N) is 2. The number of carbonyl (C=O) groups excluding carboxylic acids is 2. The molecular weight excluding hydrogens is 675 g/mol. The molecule has 4 heterocycles. The van der Waals surface area contributed by atoms with E-state index in [9.17, 15) is 9.59 Å². The maximum atomic E-state index is 14.1. The van der Waals surface area contributed by atoms with Crippen molar-refractivity contribution in [3.8, 4) is 22.4 Å². The summed E-state index contributed by atoms with van der Waals surface area (Å²) in [6.45, 7) is 1.84.